The summed E-state index contributed by atoms with van der Waals surface area (Å²) < 4.78 is 5.50. The minimum atomic E-state index is -0.124. The maximum Gasteiger partial charge on any atom is 0.251 e. The van der Waals surface area contributed by atoms with Crippen LogP contribution in [0.1, 0.15) is 28.4 Å². The van der Waals surface area contributed by atoms with E-state index in [0.29, 0.717) is 36.6 Å². The maximum atomic E-state index is 12.2. The van der Waals surface area contributed by atoms with Gasteiger partial charge in [-0.3, -0.25) is 4.79 Å². The largest absolute Gasteiger partial charge is 0.494 e. The number of carbonyl (C=O) groups excluding carboxylic acids is 1. The zero-order valence-electron chi connectivity index (χ0n) is 16.0. The average Bonchev–Trinajstić information content (AvgIpc) is 2.70. The number of nitrogens with one attached hydrogen (secondary N) is 2. The van der Waals surface area contributed by atoms with Crippen LogP contribution in [0.25, 0.3) is 10.9 Å². The number of pyridine rings is 1. The van der Waals surface area contributed by atoms with Crippen molar-refractivity contribution in [2.45, 2.75) is 13.8 Å². The van der Waals surface area contributed by atoms with Crippen molar-refractivity contribution in [2.24, 2.45) is 0 Å². The molecule has 6 heteroatoms. The fraction of sp³-hybridized carbons (Fsp3) is 0.227. The lowest BCUT2D eigenvalue weighted by Gasteiger charge is -2.11. The van der Waals surface area contributed by atoms with E-state index in [2.05, 4.69) is 21.7 Å². The van der Waals surface area contributed by atoms with Gasteiger partial charge in [-0.25, -0.2) is 4.98 Å². The highest BCUT2D eigenvalue weighted by atomic mass is 16.5. The number of amides is 1. The zero-order valence-corrected chi connectivity index (χ0v) is 16.0. The van der Waals surface area contributed by atoms with Gasteiger partial charge >= 0.3 is 0 Å². The molecule has 0 aliphatic heterocycles. The van der Waals surface area contributed by atoms with Crippen LogP contribution >= 0.6 is 0 Å². The van der Waals surface area contributed by atoms with Crippen LogP contribution in [0.5, 0.6) is 5.75 Å². The first-order valence-corrected chi connectivity index (χ1v) is 9.17. The summed E-state index contributed by atoms with van der Waals surface area (Å²) in [4.78, 5) is 16.7. The van der Waals surface area contributed by atoms with Crippen LogP contribution in [0.15, 0.2) is 48.5 Å². The minimum absolute atomic E-state index is 0.124. The first-order chi connectivity index (χ1) is 13.6. The summed E-state index contributed by atoms with van der Waals surface area (Å²) in [6.45, 7) is 5.33. The molecule has 6 nitrogen and oxygen atoms in total. The normalized spacial score (nSPS) is 10.3. The van der Waals surface area contributed by atoms with E-state index in [1.807, 2.05) is 50.2 Å². The summed E-state index contributed by atoms with van der Waals surface area (Å²) in [5.74, 6) is 1.13. The molecule has 0 unspecified atom stereocenters. The molecule has 0 atom stereocenters. The second-order valence-electron chi connectivity index (χ2n) is 6.34. The fourth-order valence-corrected chi connectivity index (χ4v) is 2.88. The number of hydrogen-bond acceptors (Lipinski definition) is 5. The van der Waals surface area contributed by atoms with E-state index in [9.17, 15) is 10.1 Å². The van der Waals surface area contributed by atoms with Crippen LogP contribution in [-0.4, -0.2) is 30.6 Å². The standard InChI is InChI=1S/C22H22N4O2/c1-3-28-19-7-8-20-17(13-19)12-18(14-23)21(26-20)24-9-10-25-22(27)16-6-4-5-15(2)11-16/h4-8,11-13H,3,9-10H2,1-2H3,(H,24,26)(H,25,27). The molecular weight excluding hydrogens is 352 g/mol. The molecule has 0 bridgehead atoms. The third kappa shape index (κ3) is 4.57. The predicted molar refractivity (Wildman–Crippen MR) is 110 cm³/mol. The van der Waals surface area contributed by atoms with Crippen molar-refractivity contribution in [1.29, 1.82) is 5.26 Å². The predicted octanol–water partition coefficient (Wildman–Crippen LogP) is 3.66. The van der Waals surface area contributed by atoms with E-state index in [1.165, 1.54) is 0 Å². The highest BCUT2D eigenvalue weighted by Gasteiger charge is 2.08. The number of rotatable bonds is 7. The van der Waals surface area contributed by atoms with Gasteiger partial charge in [0.15, 0.2) is 0 Å². The number of carbonyl (C=O) groups is 1. The molecule has 28 heavy (non-hydrogen) atoms. The Hall–Kier alpha value is -3.59. The van der Waals surface area contributed by atoms with Gasteiger partial charge in [0.1, 0.15) is 17.6 Å². The van der Waals surface area contributed by atoms with E-state index in [1.54, 1.807) is 12.1 Å². The lowest BCUT2D eigenvalue weighted by atomic mass is 10.1. The fourth-order valence-electron chi connectivity index (χ4n) is 2.88. The third-order valence-corrected chi connectivity index (χ3v) is 4.20. The molecule has 0 saturated carbocycles. The number of ether oxygens (including phenoxy) is 1. The zero-order chi connectivity index (χ0) is 19.9. The van der Waals surface area contributed by atoms with Crippen molar-refractivity contribution in [1.82, 2.24) is 10.3 Å². The van der Waals surface area contributed by atoms with E-state index in [0.717, 1.165) is 22.2 Å². The molecule has 0 fully saturated rings. The van der Waals surface area contributed by atoms with Gasteiger partial charge in [-0.05, 0) is 50.2 Å². The molecular formula is C22H22N4O2. The Bertz CT molecular complexity index is 1040. The lowest BCUT2D eigenvalue weighted by Crippen LogP contribution is -2.29. The van der Waals surface area contributed by atoms with Gasteiger partial charge in [-0.1, -0.05) is 17.7 Å². The number of anilines is 1. The number of fused-ring (bicyclic) bond motifs is 1. The summed E-state index contributed by atoms with van der Waals surface area (Å²) in [5.41, 5.74) is 2.89. The van der Waals surface area contributed by atoms with Crippen molar-refractivity contribution in [3.05, 3.63) is 65.2 Å². The molecule has 0 saturated heterocycles. The van der Waals surface area contributed by atoms with Gasteiger partial charge in [-0.2, -0.15) is 5.26 Å². The maximum absolute atomic E-state index is 12.2. The Morgan fingerprint density at radius 3 is 2.79 bits per heavy atom. The van der Waals surface area contributed by atoms with Crippen molar-refractivity contribution < 1.29 is 9.53 Å². The molecule has 2 N–H and O–H groups in total. The Balaban J connectivity index is 1.64. The smallest absolute Gasteiger partial charge is 0.251 e. The quantitative estimate of drug-likeness (QED) is 0.616. The van der Waals surface area contributed by atoms with Gasteiger partial charge in [0, 0.05) is 24.0 Å². The van der Waals surface area contributed by atoms with Gasteiger partial charge in [0.05, 0.1) is 17.7 Å². The molecule has 1 amide bonds. The number of aromatic nitrogens is 1. The van der Waals surface area contributed by atoms with Gasteiger partial charge in [-0.15, -0.1) is 0 Å². The summed E-state index contributed by atoms with van der Waals surface area (Å²) >= 11 is 0. The van der Waals surface area contributed by atoms with Gasteiger partial charge in [0.25, 0.3) is 5.91 Å². The highest BCUT2D eigenvalue weighted by molar-refractivity contribution is 5.94. The molecule has 3 aromatic rings. The first-order valence-electron chi connectivity index (χ1n) is 9.17. The molecule has 0 radical (unpaired) electrons. The minimum Gasteiger partial charge on any atom is -0.494 e. The Kier molecular flexibility index (Phi) is 6.07. The van der Waals surface area contributed by atoms with E-state index in [-0.39, 0.29) is 5.91 Å². The SMILES string of the molecule is CCOc1ccc2nc(NCCNC(=O)c3cccc(C)c3)c(C#N)cc2c1. The Morgan fingerprint density at radius 2 is 2.04 bits per heavy atom. The van der Waals surface area contributed by atoms with Crippen LogP contribution in [0.4, 0.5) is 5.82 Å². The third-order valence-electron chi connectivity index (χ3n) is 4.20. The van der Waals surface area contributed by atoms with Crippen LogP contribution in [0.2, 0.25) is 0 Å². The van der Waals surface area contributed by atoms with Crippen LogP contribution in [0, 0.1) is 18.3 Å². The molecule has 0 spiro atoms. The summed E-state index contributed by atoms with van der Waals surface area (Å²) in [7, 11) is 0. The number of aryl methyl sites for hydroxylation is 1. The molecule has 0 aliphatic rings. The first kappa shape index (κ1) is 19.2. The van der Waals surface area contributed by atoms with Crippen LogP contribution in [0.3, 0.4) is 0 Å². The number of hydrogen-bond donors (Lipinski definition) is 2. The highest BCUT2D eigenvalue weighted by Crippen LogP contribution is 2.24. The second-order valence-corrected chi connectivity index (χ2v) is 6.34. The number of nitriles is 1. The average molecular weight is 374 g/mol. The van der Waals surface area contributed by atoms with Gasteiger partial charge < -0.3 is 15.4 Å². The molecule has 1 heterocycles. The monoisotopic (exact) mass is 374 g/mol. The molecule has 142 valence electrons. The second kappa shape index (κ2) is 8.87. The summed E-state index contributed by atoms with van der Waals surface area (Å²) in [5, 5.41) is 16.3. The number of nitrogens with zero attached hydrogens (tertiary/aromatic N) is 2. The summed E-state index contributed by atoms with van der Waals surface area (Å²) in [6.07, 6.45) is 0. The van der Waals surface area contributed by atoms with Crippen molar-refractivity contribution in [3.63, 3.8) is 0 Å². The van der Waals surface area contributed by atoms with E-state index < -0.39 is 0 Å². The summed E-state index contributed by atoms with van der Waals surface area (Å²) in [6, 6.07) is 17.0. The molecule has 1 aromatic heterocycles. The Labute approximate surface area is 164 Å². The van der Waals surface area contributed by atoms with E-state index >= 15 is 0 Å². The lowest BCUT2D eigenvalue weighted by molar-refractivity contribution is 0.0955. The topological polar surface area (TPSA) is 87.0 Å². The van der Waals surface area contributed by atoms with Crippen molar-refractivity contribution in [3.8, 4) is 11.8 Å². The molecule has 2 aromatic carbocycles. The van der Waals surface area contributed by atoms with Crippen molar-refractivity contribution >= 4 is 22.6 Å². The van der Waals surface area contributed by atoms with Crippen molar-refractivity contribution in [2.75, 3.05) is 25.0 Å². The van der Waals surface area contributed by atoms with Crippen LogP contribution < -0.4 is 15.4 Å². The van der Waals surface area contributed by atoms with E-state index in [4.69, 9.17) is 4.74 Å². The van der Waals surface area contributed by atoms with Crippen LogP contribution in [-0.2, 0) is 0 Å². The Morgan fingerprint density at radius 1 is 1.18 bits per heavy atom. The molecule has 3 rings (SSSR count). The molecule has 0 aliphatic carbocycles. The number of benzene rings is 2. The van der Waals surface area contributed by atoms with Gasteiger partial charge in [0.2, 0.25) is 0 Å².